The number of para-hydroxylation sites is 1. The van der Waals surface area contributed by atoms with E-state index in [0.29, 0.717) is 24.0 Å². The molecule has 4 N–H and O–H groups in total. The summed E-state index contributed by atoms with van der Waals surface area (Å²) in [4.78, 5) is 11.0. The molecule has 0 atom stereocenters. The lowest BCUT2D eigenvalue weighted by Crippen LogP contribution is -2.47. The van der Waals surface area contributed by atoms with Crippen molar-refractivity contribution in [2.45, 2.75) is 64.6 Å². The van der Waals surface area contributed by atoms with E-state index in [1.165, 1.54) is 24.4 Å². The van der Waals surface area contributed by atoms with Crippen LogP contribution in [0, 0.1) is 11.6 Å². The second-order valence-corrected chi connectivity index (χ2v) is 8.15. The molecule has 3 rings (SSSR count). The Morgan fingerprint density at radius 3 is 2.53 bits per heavy atom. The maximum absolute atomic E-state index is 14.4. The highest BCUT2D eigenvalue weighted by Gasteiger charge is 2.37. The fraction of sp³-hybridized carbons (Fsp3) is 0.478. The third kappa shape index (κ3) is 5.45. The number of halogens is 2. The normalized spacial score (nSPS) is 23.7. The molecule has 1 saturated carbocycles. The predicted molar refractivity (Wildman–Crippen MR) is 124 cm³/mol. The summed E-state index contributed by atoms with van der Waals surface area (Å²) in [6, 6.07) is 3.86. The number of nitrogens with one attached hydrogen (secondary N) is 2. The Balaban J connectivity index is 1.95. The van der Waals surface area contributed by atoms with Crippen LogP contribution < -0.4 is 16.4 Å². The molecular formula is C23H32F2N6O. The van der Waals surface area contributed by atoms with Crippen molar-refractivity contribution in [3.05, 3.63) is 54.1 Å². The van der Waals surface area contributed by atoms with Gasteiger partial charge in [-0.1, -0.05) is 12.6 Å². The molecule has 0 aromatic heterocycles. The van der Waals surface area contributed by atoms with Crippen LogP contribution in [-0.4, -0.2) is 41.5 Å². The smallest absolute Gasteiger partial charge is 0.210 e. The minimum Gasteiger partial charge on any atom is -0.403 e. The van der Waals surface area contributed by atoms with E-state index in [2.05, 4.69) is 27.2 Å². The van der Waals surface area contributed by atoms with Gasteiger partial charge in [-0.3, -0.25) is 4.90 Å². The van der Waals surface area contributed by atoms with Gasteiger partial charge in [0.2, 0.25) is 5.96 Å². The van der Waals surface area contributed by atoms with Crippen molar-refractivity contribution in [2.75, 3.05) is 11.9 Å². The van der Waals surface area contributed by atoms with Gasteiger partial charge in [0, 0.05) is 24.9 Å². The molecule has 1 aromatic rings. The molecule has 0 spiro atoms. The van der Waals surface area contributed by atoms with Crippen LogP contribution in [0.4, 0.5) is 14.5 Å². The number of benzene rings is 1. The van der Waals surface area contributed by atoms with Gasteiger partial charge in [-0.2, -0.15) is 0 Å². The van der Waals surface area contributed by atoms with Crippen molar-refractivity contribution in [3.63, 3.8) is 0 Å². The zero-order valence-electron chi connectivity index (χ0n) is 18.9. The topological polar surface area (TPSA) is 87.3 Å². The summed E-state index contributed by atoms with van der Waals surface area (Å²) in [7, 11) is 0. The van der Waals surface area contributed by atoms with E-state index < -0.39 is 11.6 Å². The summed E-state index contributed by atoms with van der Waals surface area (Å²) in [6.45, 7) is 10.6. The number of nitrogens with two attached hydrogens (primary N) is 1. The van der Waals surface area contributed by atoms with E-state index in [1.54, 1.807) is 0 Å². The van der Waals surface area contributed by atoms with Crippen LogP contribution in [0.3, 0.4) is 0 Å². The first-order chi connectivity index (χ1) is 15.3. The number of nitrogens with zero attached hydrogens (tertiary/aromatic N) is 3. The average Bonchev–Trinajstić information content (AvgIpc) is 3.08. The van der Waals surface area contributed by atoms with Crippen LogP contribution in [0.1, 0.15) is 46.5 Å². The minimum atomic E-state index is -0.706. The predicted octanol–water partition coefficient (Wildman–Crippen LogP) is 4.06. The largest absolute Gasteiger partial charge is 0.403 e. The molecule has 9 heteroatoms. The van der Waals surface area contributed by atoms with Crippen LogP contribution in [0.25, 0.3) is 0 Å². The fourth-order valence-electron chi connectivity index (χ4n) is 4.03. The number of ether oxygens (including phenoxy) is 1. The van der Waals surface area contributed by atoms with Crippen molar-refractivity contribution < 1.29 is 13.5 Å². The molecule has 1 aromatic carbocycles. The van der Waals surface area contributed by atoms with Gasteiger partial charge >= 0.3 is 0 Å². The molecule has 2 aliphatic rings. The van der Waals surface area contributed by atoms with Gasteiger partial charge in [0.1, 0.15) is 28.8 Å². The van der Waals surface area contributed by atoms with Gasteiger partial charge in [0.15, 0.2) is 5.84 Å². The van der Waals surface area contributed by atoms with Crippen molar-refractivity contribution in [2.24, 2.45) is 15.7 Å². The summed E-state index contributed by atoms with van der Waals surface area (Å²) in [5, 5.41) is 5.99. The number of hydrogen-bond acceptors (Lipinski definition) is 6. The Morgan fingerprint density at radius 1 is 1.31 bits per heavy atom. The quantitative estimate of drug-likeness (QED) is 0.588. The van der Waals surface area contributed by atoms with Crippen molar-refractivity contribution >= 4 is 17.5 Å². The number of amidine groups is 1. The number of hydrogen-bond donors (Lipinski definition) is 3. The Labute approximate surface area is 188 Å². The highest BCUT2D eigenvalue weighted by molar-refractivity contribution is 6.18. The zero-order valence-corrected chi connectivity index (χ0v) is 18.9. The maximum Gasteiger partial charge on any atom is 0.210 e. The van der Waals surface area contributed by atoms with E-state index in [0.717, 1.165) is 25.7 Å². The Kier molecular flexibility index (Phi) is 7.84. The molecule has 7 nitrogen and oxygen atoms in total. The van der Waals surface area contributed by atoms with Gasteiger partial charge in [0.25, 0.3) is 0 Å². The van der Waals surface area contributed by atoms with Crippen LogP contribution in [-0.2, 0) is 4.74 Å². The van der Waals surface area contributed by atoms with E-state index in [4.69, 9.17) is 10.5 Å². The lowest BCUT2D eigenvalue weighted by Gasteiger charge is -2.36. The number of rotatable bonds is 7. The monoisotopic (exact) mass is 446 g/mol. The number of aliphatic imine (C=N–C) groups is 2. The van der Waals surface area contributed by atoms with E-state index in [9.17, 15) is 8.78 Å². The molecule has 0 amide bonds. The Hall–Kier alpha value is -2.94. The molecule has 1 aliphatic heterocycles. The maximum atomic E-state index is 14.4. The molecule has 1 heterocycles. The van der Waals surface area contributed by atoms with E-state index in [-0.39, 0.29) is 29.8 Å². The standard InChI is InChI=1S/C23H32F2N6O/c1-5-32-17-11-9-16(10-12-17)31-22(28-15(4)27-14(2)3)20(13-26)29-23(31)30-21-18(24)7-6-8-19(21)25/h6-8,13-14,16-17,27H,4-5,9-12,26H2,1-3H3,(H,29,30)/b20-13+,28-22+/t16-,17+. The van der Waals surface area contributed by atoms with Crippen LogP contribution in [0.5, 0.6) is 0 Å². The highest BCUT2D eigenvalue weighted by atomic mass is 19.1. The number of anilines is 1. The van der Waals surface area contributed by atoms with E-state index in [1.807, 2.05) is 25.7 Å². The first kappa shape index (κ1) is 23.7. The zero-order chi connectivity index (χ0) is 23.3. The molecule has 0 bridgehead atoms. The van der Waals surface area contributed by atoms with Crippen molar-refractivity contribution in [1.82, 2.24) is 10.2 Å². The molecule has 0 saturated heterocycles. The lowest BCUT2D eigenvalue weighted by molar-refractivity contribution is 0.0268. The van der Waals surface area contributed by atoms with Gasteiger partial charge in [-0.15, -0.1) is 0 Å². The molecule has 32 heavy (non-hydrogen) atoms. The van der Waals surface area contributed by atoms with Crippen LogP contribution in [0.2, 0.25) is 0 Å². The summed E-state index contributed by atoms with van der Waals surface area (Å²) in [6.07, 6.45) is 4.91. The fourth-order valence-corrected chi connectivity index (χ4v) is 4.03. The van der Waals surface area contributed by atoms with Gasteiger partial charge < -0.3 is 21.1 Å². The van der Waals surface area contributed by atoms with Gasteiger partial charge in [-0.05, 0) is 58.6 Å². The second-order valence-electron chi connectivity index (χ2n) is 8.15. The average molecular weight is 447 g/mol. The molecule has 1 aliphatic carbocycles. The number of guanidine groups is 1. The SMILES string of the molecule is C=C(/N=C1\C(=C/N)N=C(Nc2c(F)cccc2F)N1[C@H]1CC[C@@H](OCC)CC1)NC(C)C. The Bertz CT molecular complexity index is 899. The third-order valence-corrected chi connectivity index (χ3v) is 5.38. The second kappa shape index (κ2) is 10.6. The molecule has 174 valence electrons. The summed E-state index contributed by atoms with van der Waals surface area (Å²) < 4.78 is 34.5. The van der Waals surface area contributed by atoms with Crippen LogP contribution in [0.15, 0.2) is 52.5 Å². The van der Waals surface area contributed by atoms with E-state index >= 15 is 0 Å². The van der Waals surface area contributed by atoms with Gasteiger partial charge in [-0.25, -0.2) is 18.8 Å². The highest BCUT2D eigenvalue weighted by Crippen LogP contribution is 2.31. The van der Waals surface area contributed by atoms with Crippen LogP contribution >= 0.6 is 0 Å². The van der Waals surface area contributed by atoms with Crippen molar-refractivity contribution in [1.29, 1.82) is 0 Å². The molecular weight excluding hydrogens is 414 g/mol. The molecule has 1 fully saturated rings. The Morgan fingerprint density at radius 2 is 1.97 bits per heavy atom. The molecule has 0 radical (unpaired) electrons. The summed E-state index contributed by atoms with van der Waals surface area (Å²) in [5.74, 6) is -0.188. The van der Waals surface area contributed by atoms with Gasteiger partial charge in [0.05, 0.1) is 6.10 Å². The summed E-state index contributed by atoms with van der Waals surface area (Å²) in [5.41, 5.74) is 5.99. The first-order valence-corrected chi connectivity index (χ1v) is 11.0. The molecule has 0 unspecified atom stereocenters. The van der Waals surface area contributed by atoms with Crippen molar-refractivity contribution in [3.8, 4) is 0 Å². The third-order valence-electron chi connectivity index (χ3n) is 5.38. The first-order valence-electron chi connectivity index (χ1n) is 11.0. The lowest BCUT2D eigenvalue weighted by atomic mass is 9.91. The summed E-state index contributed by atoms with van der Waals surface area (Å²) >= 11 is 0. The minimum absolute atomic E-state index is 0.0100.